The van der Waals surface area contributed by atoms with Crippen molar-refractivity contribution in [3.05, 3.63) is 64.0 Å². The van der Waals surface area contributed by atoms with E-state index < -0.39 is 10.9 Å². The average molecular weight is 259 g/mol. The Hall–Kier alpha value is -2.89. The molecule has 96 valence electrons. The van der Waals surface area contributed by atoms with E-state index in [2.05, 4.69) is 0 Å². The summed E-state index contributed by atoms with van der Waals surface area (Å²) in [5.41, 5.74) is 0.884. The molecule has 1 aromatic carbocycles. The summed E-state index contributed by atoms with van der Waals surface area (Å²) in [6, 6.07) is 9.42. The lowest BCUT2D eigenvalue weighted by Gasteiger charge is -1.97. The van der Waals surface area contributed by atoms with Crippen molar-refractivity contribution in [1.29, 1.82) is 0 Å². The van der Waals surface area contributed by atoms with Gasteiger partial charge in [0.25, 0.3) is 0 Å². The van der Waals surface area contributed by atoms with Gasteiger partial charge in [-0.1, -0.05) is 12.1 Å². The Bertz CT molecular complexity index is 639. The Morgan fingerprint density at radius 2 is 1.89 bits per heavy atom. The van der Waals surface area contributed by atoms with Gasteiger partial charge in [-0.05, 0) is 24.3 Å². The van der Waals surface area contributed by atoms with Crippen LogP contribution in [0.5, 0.6) is 0 Å². The molecule has 0 amide bonds. The Kier molecular flexibility index (Phi) is 3.42. The van der Waals surface area contributed by atoms with E-state index in [-0.39, 0.29) is 5.56 Å². The first kappa shape index (κ1) is 12.6. The molecule has 6 nitrogen and oxygen atoms in total. The van der Waals surface area contributed by atoms with Gasteiger partial charge in [0, 0.05) is 5.56 Å². The number of hydrogen-bond donors (Lipinski definition) is 1. The largest absolute Gasteiger partial charge is 0.478 e. The molecule has 1 aromatic heterocycles. The first-order chi connectivity index (χ1) is 9.06. The van der Waals surface area contributed by atoms with Crippen LogP contribution in [-0.2, 0) is 0 Å². The topological polar surface area (TPSA) is 93.6 Å². The van der Waals surface area contributed by atoms with Crippen molar-refractivity contribution < 1.29 is 19.2 Å². The van der Waals surface area contributed by atoms with Gasteiger partial charge in [-0.3, -0.25) is 10.1 Å². The molecule has 0 atom stereocenters. The van der Waals surface area contributed by atoms with Gasteiger partial charge in [-0.2, -0.15) is 0 Å². The van der Waals surface area contributed by atoms with Crippen molar-refractivity contribution in [3.8, 4) is 11.3 Å². The molecular weight excluding hydrogens is 250 g/mol. The van der Waals surface area contributed by atoms with Gasteiger partial charge >= 0.3 is 5.97 Å². The Morgan fingerprint density at radius 3 is 2.47 bits per heavy atom. The number of benzene rings is 1. The normalized spacial score (nSPS) is 10.7. The molecule has 0 saturated carbocycles. The Labute approximate surface area is 107 Å². The van der Waals surface area contributed by atoms with E-state index in [1.54, 1.807) is 24.3 Å². The number of aromatic carboxylic acids is 1. The van der Waals surface area contributed by atoms with Crippen LogP contribution in [0.4, 0.5) is 0 Å². The maximum absolute atomic E-state index is 10.7. The minimum Gasteiger partial charge on any atom is -0.478 e. The molecule has 0 aliphatic heterocycles. The number of nitrogens with zero attached hydrogens (tertiary/aromatic N) is 1. The molecule has 0 unspecified atom stereocenters. The van der Waals surface area contributed by atoms with Gasteiger partial charge in [0.15, 0.2) is 0 Å². The van der Waals surface area contributed by atoms with Gasteiger partial charge < -0.3 is 9.52 Å². The van der Waals surface area contributed by atoms with Gasteiger partial charge in [0.2, 0.25) is 6.20 Å². The predicted molar refractivity (Wildman–Crippen MR) is 67.1 cm³/mol. The molecule has 6 heteroatoms. The van der Waals surface area contributed by atoms with E-state index >= 15 is 0 Å². The minimum absolute atomic E-state index is 0.184. The van der Waals surface area contributed by atoms with E-state index in [1.165, 1.54) is 18.2 Å². The zero-order valence-corrected chi connectivity index (χ0v) is 9.65. The second kappa shape index (κ2) is 5.18. The molecule has 0 aliphatic rings. The maximum atomic E-state index is 10.7. The predicted octanol–water partition coefficient (Wildman–Crippen LogP) is 2.89. The van der Waals surface area contributed by atoms with Gasteiger partial charge in [-0.15, -0.1) is 0 Å². The lowest BCUT2D eigenvalue weighted by atomic mass is 10.1. The molecule has 1 heterocycles. The molecule has 0 saturated heterocycles. The van der Waals surface area contributed by atoms with E-state index in [9.17, 15) is 14.9 Å². The number of carboxylic acid groups (broad SMARTS) is 1. The van der Waals surface area contributed by atoms with Crippen molar-refractivity contribution in [1.82, 2.24) is 0 Å². The monoisotopic (exact) mass is 259 g/mol. The number of hydrogen-bond acceptors (Lipinski definition) is 4. The second-order valence-electron chi connectivity index (χ2n) is 3.69. The van der Waals surface area contributed by atoms with Crippen LogP contribution in [0.1, 0.15) is 16.1 Å². The fraction of sp³-hybridized carbons (Fsp3) is 0. The maximum Gasteiger partial charge on any atom is 0.335 e. The third-order valence-corrected chi connectivity index (χ3v) is 2.40. The summed E-state index contributed by atoms with van der Waals surface area (Å²) in [5, 5.41) is 18.9. The van der Waals surface area contributed by atoms with Crippen LogP contribution in [0.15, 0.2) is 47.0 Å². The van der Waals surface area contributed by atoms with Crippen molar-refractivity contribution in [2.75, 3.05) is 0 Å². The number of furan rings is 1. The highest BCUT2D eigenvalue weighted by Gasteiger charge is 2.06. The zero-order valence-electron chi connectivity index (χ0n) is 9.65. The summed E-state index contributed by atoms with van der Waals surface area (Å²) in [7, 11) is 0. The smallest absolute Gasteiger partial charge is 0.335 e. The quantitative estimate of drug-likeness (QED) is 0.673. The molecule has 0 bridgehead atoms. The number of rotatable bonds is 4. The minimum atomic E-state index is -0.999. The SMILES string of the molecule is O=C(O)c1ccc(-c2ccc(C=C[N+](=O)[O-])o2)cc1. The third kappa shape index (κ3) is 3.06. The third-order valence-electron chi connectivity index (χ3n) is 2.40. The summed E-state index contributed by atoms with van der Waals surface area (Å²) in [4.78, 5) is 20.3. The van der Waals surface area contributed by atoms with Crippen molar-refractivity contribution in [2.24, 2.45) is 0 Å². The highest BCUT2D eigenvalue weighted by molar-refractivity contribution is 5.88. The van der Waals surface area contributed by atoms with Crippen LogP contribution in [0.2, 0.25) is 0 Å². The van der Waals surface area contributed by atoms with Crippen LogP contribution >= 0.6 is 0 Å². The fourth-order valence-corrected chi connectivity index (χ4v) is 1.51. The average Bonchev–Trinajstić information content (AvgIpc) is 2.85. The highest BCUT2D eigenvalue weighted by Crippen LogP contribution is 2.23. The fourth-order valence-electron chi connectivity index (χ4n) is 1.51. The summed E-state index contributed by atoms with van der Waals surface area (Å²) < 4.78 is 5.38. The highest BCUT2D eigenvalue weighted by atomic mass is 16.6. The first-order valence-electron chi connectivity index (χ1n) is 5.31. The van der Waals surface area contributed by atoms with Crippen LogP contribution in [-0.4, -0.2) is 16.0 Å². The first-order valence-corrected chi connectivity index (χ1v) is 5.31. The van der Waals surface area contributed by atoms with Crippen LogP contribution in [0.25, 0.3) is 17.4 Å². The van der Waals surface area contributed by atoms with Gasteiger partial charge in [0.1, 0.15) is 11.5 Å². The van der Waals surface area contributed by atoms with Crippen LogP contribution in [0, 0.1) is 10.1 Å². The molecule has 0 fully saturated rings. The van der Waals surface area contributed by atoms with E-state index in [0.717, 1.165) is 6.20 Å². The molecular formula is C13H9NO5. The Morgan fingerprint density at radius 1 is 1.21 bits per heavy atom. The molecule has 0 aliphatic carbocycles. The number of nitro groups is 1. The van der Waals surface area contributed by atoms with Crippen molar-refractivity contribution in [2.45, 2.75) is 0 Å². The second-order valence-corrected chi connectivity index (χ2v) is 3.69. The lowest BCUT2D eigenvalue weighted by molar-refractivity contribution is -0.401. The number of carbonyl (C=O) groups is 1. The van der Waals surface area contributed by atoms with E-state index in [0.29, 0.717) is 17.1 Å². The molecule has 0 radical (unpaired) electrons. The molecule has 19 heavy (non-hydrogen) atoms. The summed E-state index contributed by atoms with van der Waals surface area (Å²) >= 11 is 0. The zero-order chi connectivity index (χ0) is 13.8. The van der Waals surface area contributed by atoms with E-state index in [4.69, 9.17) is 9.52 Å². The van der Waals surface area contributed by atoms with Gasteiger partial charge in [-0.25, -0.2) is 4.79 Å². The molecule has 2 rings (SSSR count). The summed E-state index contributed by atoms with van der Waals surface area (Å²) in [6.07, 6.45) is 2.03. The summed E-state index contributed by atoms with van der Waals surface area (Å²) in [5.74, 6) is -0.130. The van der Waals surface area contributed by atoms with Crippen molar-refractivity contribution in [3.63, 3.8) is 0 Å². The van der Waals surface area contributed by atoms with Crippen LogP contribution in [0.3, 0.4) is 0 Å². The molecule has 1 N–H and O–H groups in total. The van der Waals surface area contributed by atoms with E-state index in [1.807, 2.05) is 0 Å². The molecule has 2 aromatic rings. The number of carboxylic acids is 1. The summed E-state index contributed by atoms with van der Waals surface area (Å²) in [6.45, 7) is 0. The van der Waals surface area contributed by atoms with Gasteiger partial charge in [0.05, 0.1) is 16.6 Å². The molecule has 0 spiro atoms. The Balaban J connectivity index is 2.23. The lowest BCUT2D eigenvalue weighted by Crippen LogP contribution is -1.94. The van der Waals surface area contributed by atoms with Crippen molar-refractivity contribution >= 4 is 12.0 Å². The standard InChI is InChI=1S/C13H9NO5/c15-13(16)10-3-1-9(2-4-10)12-6-5-11(19-12)7-8-14(17)18/h1-8H,(H,15,16). The van der Waals surface area contributed by atoms with Crippen LogP contribution < -0.4 is 0 Å².